The highest BCUT2D eigenvalue weighted by Gasteiger charge is 2.11. The van der Waals surface area contributed by atoms with Gasteiger partial charge in [0.05, 0.1) is 18.6 Å². The number of benzene rings is 2. The molecule has 0 atom stereocenters. The summed E-state index contributed by atoms with van der Waals surface area (Å²) in [7, 11) is 1.64. The van der Waals surface area contributed by atoms with Crippen LogP contribution in [0.4, 0.5) is 0 Å². The quantitative estimate of drug-likeness (QED) is 0.442. The molecule has 0 saturated carbocycles. The lowest BCUT2D eigenvalue weighted by molar-refractivity contribution is -0.118. The predicted octanol–water partition coefficient (Wildman–Crippen LogP) is 3.25. The molecule has 1 N–H and O–H groups in total. The van der Waals surface area contributed by atoms with Crippen LogP contribution in [0.15, 0.2) is 71.9 Å². The number of rotatable bonds is 8. The van der Waals surface area contributed by atoms with E-state index in [-0.39, 0.29) is 11.7 Å². The summed E-state index contributed by atoms with van der Waals surface area (Å²) in [6.07, 6.45) is 0.803. The number of nitrogens with one attached hydrogen (secondary N) is 1. The van der Waals surface area contributed by atoms with Gasteiger partial charge in [0, 0.05) is 12.1 Å². The maximum absolute atomic E-state index is 12.2. The van der Waals surface area contributed by atoms with Crippen LogP contribution in [0.3, 0.4) is 0 Å². The van der Waals surface area contributed by atoms with Crippen LogP contribution in [0, 0.1) is 0 Å². The van der Waals surface area contributed by atoms with E-state index in [1.807, 2.05) is 54.6 Å². The van der Waals surface area contributed by atoms with Crippen LogP contribution in [-0.4, -0.2) is 45.1 Å². The zero-order chi connectivity index (χ0) is 20.8. The van der Waals surface area contributed by atoms with E-state index in [2.05, 4.69) is 32.7 Å². The Morgan fingerprint density at radius 2 is 1.83 bits per heavy atom. The number of carbonyl (C=O) groups excluding carboxylic acids is 1. The van der Waals surface area contributed by atoms with Crippen LogP contribution in [0.25, 0.3) is 16.9 Å². The Kier molecular flexibility index (Phi) is 6.24. The van der Waals surface area contributed by atoms with Gasteiger partial charge in [-0.15, -0.1) is 10.2 Å². The molecule has 0 radical (unpaired) electrons. The molecule has 1 amide bonds. The first-order valence-electron chi connectivity index (χ1n) is 9.53. The minimum atomic E-state index is -0.0426. The highest BCUT2D eigenvalue weighted by molar-refractivity contribution is 7.99. The smallest absolute Gasteiger partial charge is 0.230 e. The minimum Gasteiger partial charge on any atom is -0.497 e. The van der Waals surface area contributed by atoms with Gasteiger partial charge in [0.25, 0.3) is 0 Å². The maximum Gasteiger partial charge on any atom is 0.230 e. The first-order valence-corrected chi connectivity index (χ1v) is 10.5. The van der Waals surface area contributed by atoms with Gasteiger partial charge >= 0.3 is 0 Å². The zero-order valence-electron chi connectivity index (χ0n) is 16.5. The van der Waals surface area contributed by atoms with Crippen molar-refractivity contribution in [2.75, 3.05) is 19.4 Å². The number of methoxy groups -OCH3 is 1. The fraction of sp³-hybridized carbons (Fsp3) is 0.182. The number of nitrogens with zero attached hydrogens (tertiary/aromatic N) is 4. The molecule has 2 heterocycles. The van der Waals surface area contributed by atoms with E-state index >= 15 is 0 Å². The number of amides is 1. The predicted molar refractivity (Wildman–Crippen MR) is 117 cm³/mol. The number of hydrogen-bond acceptors (Lipinski definition) is 6. The Bertz CT molecular complexity index is 1130. The van der Waals surface area contributed by atoms with E-state index in [9.17, 15) is 4.79 Å². The van der Waals surface area contributed by atoms with Crippen molar-refractivity contribution >= 4 is 23.3 Å². The van der Waals surface area contributed by atoms with Gasteiger partial charge < -0.3 is 10.1 Å². The summed E-state index contributed by atoms with van der Waals surface area (Å²) in [5.74, 6) is 1.00. The summed E-state index contributed by atoms with van der Waals surface area (Å²) in [5.41, 5.74) is 3.59. The summed E-state index contributed by atoms with van der Waals surface area (Å²) >= 11 is 1.32. The van der Waals surface area contributed by atoms with E-state index in [1.54, 1.807) is 11.6 Å². The van der Waals surface area contributed by atoms with E-state index in [0.29, 0.717) is 17.3 Å². The molecule has 2 aromatic heterocycles. The average molecular weight is 420 g/mol. The van der Waals surface area contributed by atoms with E-state index in [1.165, 1.54) is 17.3 Å². The molecule has 0 unspecified atom stereocenters. The summed E-state index contributed by atoms with van der Waals surface area (Å²) in [6, 6.07) is 21.5. The van der Waals surface area contributed by atoms with Crippen molar-refractivity contribution in [3.63, 3.8) is 0 Å². The zero-order valence-corrected chi connectivity index (χ0v) is 17.3. The van der Waals surface area contributed by atoms with E-state index in [0.717, 1.165) is 23.4 Å². The van der Waals surface area contributed by atoms with Crippen molar-refractivity contribution in [3.05, 3.63) is 72.3 Å². The van der Waals surface area contributed by atoms with Gasteiger partial charge in [0.2, 0.25) is 11.1 Å². The highest BCUT2D eigenvalue weighted by Crippen LogP contribution is 2.22. The van der Waals surface area contributed by atoms with E-state index < -0.39 is 0 Å². The van der Waals surface area contributed by atoms with Crippen molar-refractivity contribution in [2.45, 2.75) is 11.6 Å². The number of thioether (sulfide) groups is 1. The number of fused-ring (bicyclic) bond motifs is 1. The SMILES string of the molecule is COc1ccc(-c2ccc3nnc(SCC(=O)NCCc4ccccc4)n3n2)cc1. The Balaban J connectivity index is 1.38. The molecule has 8 heteroatoms. The third-order valence-electron chi connectivity index (χ3n) is 4.53. The molecule has 0 aliphatic heterocycles. The van der Waals surface area contributed by atoms with Gasteiger partial charge in [0.15, 0.2) is 5.65 Å². The number of ether oxygens (including phenoxy) is 1. The lowest BCUT2D eigenvalue weighted by atomic mass is 10.1. The lowest BCUT2D eigenvalue weighted by Gasteiger charge is -2.06. The van der Waals surface area contributed by atoms with Crippen LogP contribution in [0.2, 0.25) is 0 Å². The Morgan fingerprint density at radius 1 is 1.03 bits per heavy atom. The van der Waals surface area contributed by atoms with Gasteiger partial charge in [-0.2, -0.15) is 9.61 Å². The average Bonchev–Trinajstić information content (AvgIpc) is 3.21. The first-order chi connectivity index (χ1) is 14.7. The first kappa shape index (κ1) is 19.9. The third kappa shape index (κ3) is 4.77. The summed E-state index contributed by atoms with van der Waals surface area (Å²) in [4.78, 5) is 12.2. The molecule has 2 aromatic carbocycles. The molecule has 4 rings (SSSR count). The molecule has 0 aliphatic rings. The molecule has 4 aromatic rings. The Morgan fingerprint density at radius 3 is 2.60 bits per heavy atom. The van der Waals surface area contributed by atoms with E-state index in [4.69, 9.17) is 4.74 Å². The second kappa shape index (κ2) is 9.41. The van der Waals surface area contributed by atoms with Gasteiger partial charge in [-0.25, -0.2) is 0 Å². The lowest BCUT2D eigenvalue weighted by Crippen LogP contribution is -2.27. The standard InChI is InChI=1S/C22H21N5O2S/c1-29-18-9-7-17(8-10-18)19-11-12-20-24-25-22(27(20)26-19)30-15-21(28)23-14-13-16-5-3-2-4-6-16/h2-12H,13-15H2,1H3,(H,23,28). The van der Waals surface area contributed by atoms with Crippen molar-refractivity contribution in [1.29, 1.82) is 0 Å². The molecule has 0 bridgehead atoms. The topological polar surface area (TPSA) is 81.4 Å². The van der Waals surface area contributed by atoms with Gasteiger partial charge in [-0.05, 0) is 48.4 Å². The number of aromatic nitrogens is 4. The molecule has 0 aliphatic carbocycles. The molecule has 0 spiro atoms. The maximum atomic E-state index is 12.2. The Hall–Kier alpha value is -3.39. The van der Waals surface area contributed by atoms with Crippen LogP contribution in [0.1, 0.15) is 5.56 Å². The van der Waals surface area contributed by atoms with Gasteiger partial charge in [0.1, 0.15) is 5.75 Å². The van der Waals surface area contributed by atoms with Crippen molar-refractivity contribution in [1.82, 2.24) is 25.1 Å². The van der Waals surface area contributed by atoms with Crippen molar-refractivity contribution < 1.29 is 9.53 Å². The highest BCUT2D eigenvalue weighted by atomic mass is 32.2. The molecular weight excluding hydrogens is 398 g/mol. The fourth-order valence-electron chi connectivity index (χ4n) is 2.95. The fourth-order valence-corrected chi connectivity index (χ4v) is 3.66. The molecular formula is C22H21N5O2S. The normalized spacial score (nSPS) is 10.8. The minimum absolute atomic E-state index is 0.0426. The Labute approximate surface area is 178 Å². The van der Waals surface area contributed by atoms with Gasteiger partial charge in [-0.1, -0.05) is 42.1 Å². The second-order valence-corrected chi connectivity index (χ2v) is 7.52. The van der Waals surface area contributed by atoms with Crippen LogP contribution >= 0.6 is 11.8 Å². The third-order valence-corrected chi connectivity index (χ3v) is 5.45. The summed E-state index contributed by atoms with van der Waals surface area (Å²) in [6.45, 7) is 0.601. The largest absolute Gasteiger partial charge is 0.497 e. The van der Waals surface area contributed by atoms with Crippen LogP contribution in [-0.2, 0) is 11.2 Å². The number of carbonyl (C=O) groups is 1. The molecule has 7 nitrogen and oxygen atoms in total. The van der Waals surface area contributed by atoms with Gasteiger partial charge in [-0.3, -0.25) is 4.79 Å². The number of hydrogen-bond donors (Lipinski definition) is 1. The monoisotopic (exact) mass is 419 g/mol. The molecule has 0 saturated heterocycles. The summed E-state index contributed by atoms with van der Waals surface area (Å²) in [5, 5.41) is 16.5. The van der Waals surface area contributed by atoms with Crippen molar-refractivity contribution in [2.24, 2.45) is 0 Å². The molecule has 30 heavy (non-hydrogen) atoms. The molecule has 0 fully saturated rings. The molecule has 152 valence electrons. The van der Waals surface area contributed by atoms with Crippen LogP contribution < -0.4 is 10.1 Å². The van der Waals surface area contributed by atoms with Crippen molar-refractivity contribution in [3.8, 4) is 17.0 Å². The van der Waals surface area contributed by atoms with Crippen LogP contribution in [0.5, 0.6) is 5.75 Å². The second-order valence-electron chi connectivity index (χ2n) is 6.57. The summed E-state index contributed by atoms with van der Waals surface area (Å²) < 4.78 is 6.87.